The maximum Gasteiger partial charge on any atom is 0.303 e. The summed E-state index contributed by atoms with van der Waals surface area (Å²) in [6.07, 6.45) is 5.90. The predicted octanol–water partition coefficient (Wildman–Crippen LogP) is 1.87. The Morgan fingerprint density at radius 3 is 1.47 bits per heavy atom. The fraction of sp³-hybridized carbons (Fsp3) is 0.833. The number of hydrogen-bond donors (Lipinski definition) is 3. The third-order valence-corrected chi connectivity index (χ3v) is 2.49. The molecule has 0 rings (SSSR count). The number of carboxylic acid groups (broad SMARTS) is 2. The first-order valence-corrected chi connectivity index (χ1v) is 6.27. The maximum atomic E-state index is 10.2. The summed E-state index contributed by atoms with van der Waals surface area (Å²) in [5.41, 5.74) is 0. The van der Waals surface area contributed by atoms with Crippen LogP contribution in [0.5, 0.6) is 0 Å². The summed E-state index contributed by atoms with van der Waals surface area (Å²) in [5.74, 6) is -1.45. The van der Waals surface area contributed by atoms with Crippen molar-refractivity contribution in [3.63, 3.8) is 0 Å². The van der Waals surface area contributed by atoms with Crippen molar-refractivity contribution in [1.29, 1.82) is 0 Å². The number of unbranched alkanes of at least 4 members (excludes halogenated alkanes) is 4. The summed E-state index contributed by atoms with van der Waals surface area (Å²) in [6, 6.07) is 0. The average Bonchev–Trinajstić information content (AvgIpc) is 2.25. The zero-order valence-corrected chi connectivity index (χ0v) is 10.3. The van der Waals surface area contributed by atoms with E-state index in [4.69, 9.17) is 10.2 Å². The van der Waals surface area contributed by atoms with E-state index in [0.717, 1.165) is 51.6 Å². The lowest BCUT2D eigenvalue weighted by atomic mass is 10.2. The van der Waals surface area contributed by atoms with Crippen LogP contribution in [0.2, 0.25) is 0 Å². The number of carboxylic acids is 2. The minimum Gasteiger partial charge on any atom is -0.481 e. The van der Waals surface area contributed by atoms with E-state index in [-0.39, 0.29) is 12.8 Å². The molecule has 0 radical (unpaired) electrons. The fourth-order valence-electron chi connectivity index (χ4n) is 1.53. The summed E-state index contributed by atoms with van der Waals surface area (Å²) in [7, 11) is 0. The van der Waals surface area contributed by atoms with Gasteiger partial charge in [0.25, 0.3) is 0 Å². The number of aliphatic carboxylic acids is 2. The lowest BCUT2D eigenvalue weighted by Gasteiger charge is -2.03. The van der Waals surface area contributed by atoms with Crippen molar-refractivity contribution in [2.45, 2.75) is 51.4 Å². The summed E-state index contributed by atoms with van der Waals surface area (Å²) in [6.45, 7) is 1.83. The molecule has 0 atom stereocenters. The molecule has 0 aliphatic rings. The van der Waals surface area contributed by atoms with E-state index >= 15 is 0 Å². The molecule has 0 fully saturated rings. The molecule has 17 heavy (non-hydrogen) atoms. The highest BCUT2D eigenvalue weighted by Crippen LogP contribution is 2.00. The van der Waals surface area contributed by atoms with Gasteiger partial charge in [0.15, 0.2) is 0 Å². The second-order valence-corrected chi connectivity index (χ2v) is 4.16. The molecule has 0 aliphatic carbocycles. The van der Waals surface area contributed by atoms with Crippen LogP contribution < -0.4 is 5.32 Å². The van der Waals surface area contributed by atoms with Gasteiger partial charge in [0.05, 0.1) is 0 Å². The molecule has 0 aromatic rings. The molecule has 0 aromatic carbocycles. The Kier molecular flexibility index (Phi) is 10.7. The SMILES string of the molecule is O=C(O)CCCCCNCCCCCC(=O)O. The number of hydrogen-bond acceptors (Lipinski definition) is 3. The van der Waals surface area contributed by atoms with Crippen LogP contribution in [-0.2, 0) is 9.59 Å². The predicted molar refractivity (Wildman–Crippen MR) is 65.1 cm³/mol. The van der Waals surface area contributed by atoms with E-state index in [2.05, 4.69) is 5.32 Å². The van der Waals surface area contributed by atoms with Crippen molar-refractivity contribution >= 4 is 11.9 Å². The van der Waals surface area contributed by atoms with Gasteiger partial charge in [-0.3, -0.25) is 9.59 Å². The quantitative estimate of drug-likeness (QED) is 0.457. The van der Waals surface area contributed by atoms with E-state index in [1.54, 1.807) is 0 Å². The van der Waals surface area contributed by atoms with Crippen molar-refractivity contribution < 1.29 is 19.8 Å². The summed E-state index contributed by atoms with van der Waals surface area (Å²) < 4.78 is 0. The maximum absolute atomic E-state index is 10.2. The van der Waals surface area contributed by atoms with E-state index in [1.165, 1.54) is 0 Å². The first kappa shape index (κ1) is 15.9. The Labute approximate surface area is 102 Å². The van der Waals surface area contributed by atoms with Gasteiger partial charge in [0.2, 0.25) is 0 Å². The van der Waals surface area contributed by atoms with Gasteiger partial charge in [-0.2, -0.15) is 0 Å². The number of nitrogens with one attached hydrogen (secondary N) is 1. The third kappa shape index (κ3) is 14.9. The van der Waals surface area contributed by atoms with E-state index < -0.39 is 11.9 Å². The summed E-state index contributed by atoms with van der Waals surface area (Å²) >= 11 is 0. The molecule has 3 N–H and O–H groups in total. The molecule has 0 saturated carbocycles. The number of carbonyl (C=O) groups is 2. The molecule has 5 heteroatoms. The van der Waals surface area contributed by atoms with Crippen molar-refractivity contribution in [3.8, 4) is 0 Å². The van der Waals surface area contributed by atoms with Gasteiger partial charge in [-0.25, -0.2) is 0 Å². The van der Waals surface area contributed by atoms with Gasteiger partial charge < -0.3 is 15.5 Å². The first-order valence-electron chi connectivity index (χ1n) is 6.27. The Morgan fingerprint density at radius 1 is 0.706 bits per heavy atom. The second kappa shape index (κ2) is 11.4. The van der Waals surface area contributed by atoms with Gasteiger partial charge in [0.1, 0.15) is 0 Å². The van der Waals surface area contributed by atoms with Crippen LogP contribution in [0, 0.1) is 0 Å². The minimum atomic E-state index is -0.726. The van der Waals surface area contributed by atoms with Crippen LogP contribution in [-0.4, -0.2) is 35.2 Å². The van der Waals surface area contributed by atoms with E-state index in [1.807, 2.05) is 0 Å². The number of rotatable bonds is 12. The third-order valence-electron chi connectivity index (χ3n) is 2.49. The monoisotopic (exact) mass is 245 g/mol. The van der Waals surface area contributed by atoms with Crippen LogP contribution in [0.3, 0.4) is 0 Å². The second-order valence-electron chi connectivity index (χ2n) is 4.16. The smallest absolute Gasteiger partial charge is 0.303 e. The van der Waals surface area contributed by atoms with Gasteiger partial charge in [-0.15, -0.1) is 0 Å². The highest BCUT2D eigenvalue weighted by Gasteiger charge is 1.97. The van der Waals surface area contributed by atoms with Crippen LogP contribution >= 0.6 is 0 Å². The van der Waals surface area contributed by atoms with Crippen LogP contribution in [0.25, 0.3) is 0 Å². The van der Waals surface area contributed by atoms with Crippen LogP contribution in [0.1, 0.15) is 51.4 Å². The van der Waals surface area contributed by atoms with Gasteiger partial charge >= 0.3 is 11.9 Å². The van der Waals surface area contributed by atoms with Crippen molar-refractivity contribution in [3.05, 3.63) is 0 Å². The topological polar surface area (TPSA) is 86.6 Å². The zero-order valence-electron chi connectivity index (χ0n) is 10.3. The van der Waals surface area contributed by atoms with Crippen LogP contribution in [0.4, 0.5) is 0 Å². The van der Waals surface area contributed by atoms with E-state index in [0.29, 0.717) is 0 Å². The lowest BCUT2D eigenvalue weighted by Crippen LogP contribution is -2.16. The molecule has 0 spiro atoms. The lowest BCUT2D eigenvalue weighted by molar-refractivity contribution is -0.138. The largest absolute Gasteiger partial charge is 0.481 e. The van der Waals surface area contributed by atoms with Gasteiger partial charge in [-0.1, -0.05) is 12.8 Å². The molecule has 0 unspecified atom stereocenters. The molecule has 0 amide bonds. The first-order chi connectivity index (χ1) is 8.13. The summed E-state index contributed by atoms with van der Waals surface area (Å²) in [4.78, 5) is 20.5. The molecule has 0 aliphatic heterocycles. The Balaban J connectivity index is 2.98. The average molecular weight is 245 g/mol. The van der Waals surface area contributed by atoms with Crippen molar-refractivity contribution in [1.82, 2.24) is 5.32 Å². The van der Waals surface area contributed by atoms with Gasteiger partial charge in [-0.05, 0) is 38.8 Å². The highest BCUT2D eigenvalue weighted by molar-refractivity contribution is 5.66. The molecular formula is C12H23NO4. The Morgan fingerprint density at radius 2 is 1.12 bits per heavy atom. The standard InChI is InChI=1S/C12H23NO4/c14-11(15)7-3-1-5-9-13-10-6-2-4-8-12(16)17/h13H,1-10H2,(H,14,15)(H,16,17). The van der Waals surface area contributed by atoms with Gasteiger partial charge in [0, 0.05) is 12.8 Å². The molecular weight excluding hydrogens is 222 g/mol. The fourth-order valence-corrected chi connectivity index (χ4v) is 1.53. The molecule has 0 saturated heterocycles. The zero-order chi connectivity index (χ0) is 12.9. The molecule has 0 heterocycles. The van der Waals surface area contributed by atoms with Crippen molar-refractivity contribution in [2.75, 3.05) is 13.1 Å². The van der Waals surface area contributed by atoms with Crippen molar-refractivity contribution in [2.24, 2.45) is 0 Å². The normalized spacial score (nSPS) is 10.4. The summed E-state index contributed by atoms with van der Waals surface area (Å²) in [5, 5.41) is 20.1. The highest BCUT2D eigenvalue weighted by atomic mass is 16.4. The molecule has 0 aromatic heterocycles. The Hall–Kier alpha value is -1.10. The van der Waals surface area contributed by atoms with E-state index in [9.17, 15) is 9.59 Å². The molecule has 100 valence electrons. The van der Waals surface area contributed by atoms with Crippen LogP contribution in [0.15, 0.2) is 0 Å². The minimum absolute atomic E-state index is 0.259. The molecule has 0 bridgehead atoms. The molecule has 5 nitrogen and oxygen atoms in total. The Bertz CT molecular complexity index is 197.